The Morgan fingerprint density at radius 1 is 0.617 bits per heavy atom. The Hall–Kier alpha value is -4.14. The van der Waals surface area contributed by atoms with E-state index >= 15 is 9.59 Å². The summed E-state index contributed by atoms with van der Waals surface area (Å²) in [4.78, 5) is 84.2. The molecule has 0 N–H and O–H groups in total. The summed E-state index contributed by atoms with van der Waals surface area (Å²) in [7, 11) is 1.39. The fourth-order valence-electron chi connectivity index (χ4n) is 9.98. The van der Waals surface area contributed by atoms with E-state index in [9.17, 15) is 45.5 Å². The minimum Gasteiger partial charge on any atom is -0.457 e. The Morgan fingerprint density at radius 2 is 0.950 bits per heavy atom. The van der Waals surface area contributed by atoms with Crippen molar-refractivity contribution < 1.29 is 74.1 Å². The van der Waals surface area contributed by atoms with Gasteiger partial charge in [0.15, 0.2) is 9.74 Å². The number of amides is 2. The number of methoxy groups -OCH3 is 2. The van der Waals surface area contributed by atoms with Crippen molar-refractivity contribution in [2.75, 3.05) is 26.7 Å². The van der Waals surface area contributed by atoms with Gasteiger partial charge in [0.05, 0.1) is 12.1 Å². The van der Waals surface area contributed by atoms with E-state index in [0.29, 0.717) is 14.2 Å². The molecule has 5 aliphatic rings. The van der Waals surface area contributed by atoms with Gasteiger partial charge in [-0.25, -0.2) is 9.59 Å². The first kappa shape index (κ1) is 43.9. The highest BCUT2D eigenvalue weighted by Crippen LogP contribution is 2.61. The Labute approximate surface area is 348 Å². The number of alkyl halides is 6. The molecule has 7 rings (SSSR count). The van der Waals surface area contributed by atoms with Gasteiger partial charge in [0.2, 0.25) is 0 Å². The van der Waals surface area contributed by atoms with Crippen molar-refractivity contribution in [3.05, 3.63) is 71.8 Å². The molecular formula is C40H40F6N2O10S2. The Morgan fingerprint density at radius 3 is 1.23 bits per heavy atom. The number of carbonyl (C=O) groups is 6. The lowest BCUT2D eigenvalue weighted by Gasteiger charge is -2.55. The number of fused-ring (bicyclic) bond motifs is 6. The highest BCUT2D eigenvalue weighted by molar-refractivity contribution is 8.01. The lowest BCUT2D eigenvalue weighted by Crippen LogP contribution is -2.75. The molecule has 12 nitrogen and oxygen atoms in total. The Bertz CT molecular complexity index is 1930. The summed E-state index contributed by atoms with van der Waals surface area (Å²) in [5, 5.41) is 0. The van der Waals surface area contributed by atoms with Crippen LogP contribution >= 0.6 is 23.5 Å². The summed E-state index contributed by atoms with van der Waals surface area (Å²) < 4.78 is 111. The molecule has 0 aromatic heterocycles. The third-order valence-corrected chi connectivity index (χ3v) is 15.2. The van der Waals surface area contributed by atoms with Crippen LogP contribution in [0.2, 0.25) is 0 Å². The van der Waals surface area contributed by atoms with Gasteiger partial charge >= 0.3 is 24.3 Å². The van der Waals surface area contributed by atoms with E-state index in [1.54, 1.807) is 0 Å². The van der Waals surface area contributed by atoms with Crippen LogP contribution in [-0.2, 0) is 58.9 Å². The van der Waals surface area contributed by atoms with Crippen LogP contribution in [0.4, 0.5) is 26.3 Å². The number of thioether (sulfide) groups is 2. The van der Waals surface area contributed by atoms with Crippen LogP contribution in [0.5, 0.6) is 0 Å². The number of carbonyl (C=O) groups excluding carboxylic acids is 6. The molecule has 5 fully saturated rings. The zero-order valence-corrected chi connectivity index (χ0v) is 34.2. The normalized spacial score (nSPS) is 32.3. The second-order valence-corrected chi connectivity index (χ2v) is 17.5. The van der Waals surface area contributed by atoms with Crippen LogP contribution in [0, 0.1) is 11.8 Å². The highest BCUT2D eigenvalue weighted by atomic mass is 32.2. The van der Waals surface area contributed by atoms with Crippen molar-refractivity contribution in [2.24, 2.45) is 11.8 Å². The fourth-order valence-corrected chi connectivity index (χ4v) is 12.0. The van der Waals surface area contributed by atoms with Gasteiger partial charge in [-0.2, -0.15) is 26.3 Å². The number of hydrogen-bond donors (Lipinski definition) is 0. The van der Waals surface area contributed by atoms with Gasteiger partial charge < -0.3 is 28.7 Å². The van der Waals surface area contributed by atoms with Crippen molar-refractivity contribution in [1.82, 2.24) is 9.80 Å². The minimum absolute atomic E-state index is 0.270. The second-order valence-electron chi connectivity index (χ2n) is 15.3. The number of halogens is 6. The van der Waals surface area contributed by atoms with Gasteiger partial charge in [0, 0.05) is 62.9 Å². The molecule has 20 heteroatoms. The standard InChI is InChI=1S/C40H40F6N2O10S2/c1-55-37(39(41,42)43,21-11-7-5-8-12-21)33(53)57-27-17-15-25(49)23-19-35(59-3)32(52)48-30-24(20-36(48,60-4)31(51)47(35)29(23)27)26(50)16-18-28(30)58-34(54)38(56-2,40(44,45)46)22-13-9-6-10-14-22/h5-14,23-24,27-30H,15-20H2,1-4H3/t23-,24-,27-,28-,29-,30-,35+,36+,37-,38-/m0/s1. The zero-order chi connectivity index (χ0) is 43.8. The third kappa shape index (κ3) is 6.04. The van der Waals surface area contributed by atoms with Gasteiger partial charge in [0.1, 0.15) is 23.8 Å². The molecule has 2 amide bonds. The van der Waals surface area contributed by atoms with Gasteiger partial charge in [-0.05, 0) is 25.4 Å². The molecule has 2 aromatic carbocycles. The number of Topliss-reactive ketones (excluding diaryl/α,β-unsaturated/α-hetero) is 2. The zero-order valence-electron chi connectivity index (χ0n) is 32.5. The number of hydrogen-bond acceptors (Lipinski definition) is 12. The number of nitrogens with zero attached hydrogens (tertiary/aromatic N) is 2. The van der Waals surface area contributed by atoms with Crippen LogP contribution in [-0.4, -0.2) is 118 Å². The first-order valence-corrected chi connectivity index (χ1v) is 21.3. The predicted molar refractivity (Wildman–Crippen MR) is 201 cm³/mol. The van der Waals surface area contributed by atoms with Crippen molar-refractivity contribution in [1.29, 1.82) is 0 Å². The molecule has 0 spiro atoms. The summed E-state index contributed by atoms with van der Waals surface area (Å²) in [6.45, 7) is 0. The van der Waals surface area contributed by atoms with Gasteiger partial charge in [0.25, 0.3) is 23.0 Å². The SMILES string of the molecule is CO[C@](C(=O)O[C@H]1CCC(=O)[C@@H]2C[C@@]3(SC)C(=O)N4[C@@H]5[C@@H](OC(=O)[C@@](OC)(c6ccccc6)C(F)(F)F)CCC(=O)[C@@H]5C[C@@]4(SC)C(=O)N3[C@H]12)(c1ccccc1)C(F)(F)F. The molecule has 2 aliphatic carbocycles. The molecule has 3 heterocycles. The summed E-state index contributed by atoms with van der Waals surface area (Å²) in [6.07, 6.45) is -12.7. The summed E-state index contributed by atoms with van der Waals surface area (Å²) >= 11 is 1.69. The average molecular weight is 887 g/mol. The maximum absolute atomic E-state index is 15.3. The van der Waals surface area contributed by atoms with Crippen LogP contribution < -0.4 is 0 Å². The van der Waals surface area contributed by atoms with Crippen molar-refractivity contribution in [2.45, 2.75) is 96.1 Å². The third-order valence-electron chi connectivity index (χ3n) is 12.8. The molecule has 0 unspecified atom stereocenters. The van der Waals surface area contributed by atoms with E-state index < -0.39 is 116 Å². The Kier molecular flexibility index (Phi) is 11.2. The molecular weight excluding hydrogens is 847 g/mol. The minimum atomic E-state index is -5.35. The van der Waals surface area contributed by atoms with Gasteiger partial charge in [-0.3, -0.25) is 19.2 Å². The summed E-state index contributed by atoms with van der Waals surface area (Å²) in [5.41, 5.74) is -8.40. The van der Waals surface area contributed by atoms with E-state index in [1.807, 2.05) is 0 Å². The highest BCUT2D eigenvalue weighted by Gasteiger charge is 2.77. The van der Waals surface area contributed by atoms with E-state index in [0.717, 1.165) is 57.6 Å². The molecule has 324 valence electrons. The first-order valence-electron chi connectivity index (χ1n) is 18.9. The number of piperazine rings is 1. The first-order chi connectivity index (χ1) is 28.3. The lowest BCUT2D eigenvalue weighted by molar-refractivity contribution is -0.280. The number of esters is 2. The monoisotopic (exact) mass is 886 g/mol. The van der Waals surface area contributed by atoms with Crippen LogP contribution in [0.25, 0.3) is 0 Å². The predicted octanol–water partition coefficient (Wildman–Crippen LogP) is 5.31. The van der Waals surface area contributed by atoms with Crippen molar-refractivity contribution >= 4 is 58.8 Å². The molecule has 2 saturated carbocycles. The molecule has 2 aromatic rings. The van der Waals surface area contributed by atoms with Gasteiger partial charge in [-0.15, -0.1) is 23.5 Å². The molecule has 60 heavy (non-hydrogen) atoms. The van der Waals surface area contributed by atoms with Crippen LogP contribution in [0.15, 0.2) is 60.7 Å². The van der Waals surface area contributed by atoms with Crippen molar-refractivity contribution in [3.8, 4) is 0 Å². The average Bonchev–Trinajstić information content (AvgIpc) is 3.78. The summed E-state index contributed by atoms with van der Waals surface area (Å²) in [5.74, 6) is -8.65. The quantitative estimate of drug-likeness (QED) is 0.225. The largest absolute Gasteiger partial charge is 0.457 e. The number of ether oxygens (including phenoxy) is 4. The molecule has 3 saturated heterocycles. The van der Waals surface area contributed by atoms with E-state index in [-0.39, 0.29) is 38.5 Å². The number of benzene rings is 2. The lowest BCUT2D eigenvalue weighted by atomic mass is 9.80. The van der Waals surface area contributed by atoms with Crippen molar-refractivity contribution in [3.63, 3.8) is 0 Å². The summed E-state index contributed by atoms with van der Waals surface area (Å²) in [6, 6.07) is 9.25. The Balaban J connectivity index is 1.28. The van der Waals surface area contributed by atoms with E-state index in [1.165, 1.54) is 48.9 Å². The smallest absolute Gasteiger partial charge is 0.432 e. The topological polar surface area (TPSA) is 146 Å². The maximum atomic E-state index is 15.3. The molecule has 3 aliphatic heterocycles. The van der Waals surface area contributed by atoms with Crippen LogP contribution in [0.3, 0.4) is 0 Å². The molecule has 0 radical (unpaired) electrons. The number of ketones is 2. The van der Waals surface area contributed by atoms with E-state index in [4.69, 9.17) is 18.9 Å². The second kappa shape index (κ2) is 15.3. The fraction of sp³-hybridized carbons (Fsp3) is 0.550. The molecule has 10 atom stereocenters. The maximum Gasteiger partial charge on any atom is 0.432 e. The van der Waals surface area contributed by atoms with Gasteiger partial charge in [-0.1, -0.05) is 60.7 Å². The number of rotatable bonds is 10. The van der Waals surface area contributed by atoms with E-state index in [2.05, 4.69) is 0 Å². The van der Waals surface area contributed by atoms with Crippen LogP contribution in [0.1, 0.15) is 49.7 Å². The molecule has 0 bridgehead atoms.